The summed E-state index contributed by atoms with van der Waals surface area (Å²) in [7, 11) is 0. The highest BCUT2D eigenvalue weighted by atomic mass is 127. The molecule has 0 radical (unpaired) electrons. The van der Waals surface area contributed by atoms with E-state index in [4.69, 9.17) is 6.42 Å². The van der Waals surface area contributed by atoms with Crippen molar-refractivity contribution >= 4 is 52.9 Å². The van der Waals surface area contributed by atoms with Crippen molar-refractivity contribution in [2.75, 3.05) is 18.4 Å². The third-order valence-corrected chi connectivity index (χ3v) is 4.03. The topological polar surface area (TPSA) is 78.4 Å². The van der Waals surface area contributed by atoms with E-state index in [9.17, 15) is 4.79 Å². The number of aryl methyl sites for hydroxylation is 1. The number of benzene rings is 1. The van der Waals surface area contributed by atoms with Crippen LogP contribution in [0.3, 0.4) is 0 Å². The Labute approximate surface area is 174 Å². The van der Waals surface area contributed by atoms with Crippen LogP contribution in [0.2, 0.25) is 0 Å². The van der Waals surface area contributed by atoms with Crippen LogP contribution in [0.15, 0.2) is 35.5 Å². The number of nitrogens with zero attached hydrogens (tertiary/aromatic N) is 2. The fraction of sp³-hybridized carbons (Fsp3) is 0.278. The van der Waals surface area contributed by atoms with E-state index in [-0.39, 0.29) is 36.4 Å². The molecule has 0 unspecified atom stereocenters. The maximum atomic E-state index is 12.1. The number of carbonyl (C=O) groups is 1. The first-order chi connectivity index (χ1) is 12.1. The maximum Gasteiger partial charge on any atom is 0.246 e. The zero-order valence-corrected chi connectivity index (χ0v) is 17.9. The predicted molar refractivity (Wildman–Crippen MR) is 118 cm³/mol. The van der Waals surface area contributed by atoms with Crippen LogP contribution in [0.25, 0.3) is 0 Å². The molecule has 2 rings (SSSR count). The Kier molecular flexibility index (Phi) is 9.69. The lowest BCUT2D eigenvalue weighted by atomic mass is 10.2. The number of terminal acetylenes is 1. The zero-order chi connectivity index (χ0) is 18.1. The van der Waals surface area contributed by atoms with Gasteiger partial charge in [-0.15, -0.1) is 41.7 Å². The summed E-state index contributed by atoms with van der Waals surface area (Å²) in [6, 6.07) is 7.14. The van der Waals surface area contributed by atoms with Crippen LogP contribution >= 0.6 is 35.3 Å². The molecule has 1 aromatic carbocycles. The smallest absolute Gasteiger partial charge is 0.246 e. The highest BCUT2D eigenvalue weighted by Gasteiger charge is 2.05. The van der Waals surface area contributed by atoms with E-state index in [2.05, 4.69) is 31.8 Å². The van der Waals surface area contributed by atoms with Gasteiger partial charge in [0.15, 0.2) is 5.96 Å². The molecule has 0 fully saturated rings. The largest absolute Gasteiger partial charge is 0.357 e. The fourth-order valence-electron chi connectivity index (χ4n) is 2.02. The van der Waals surface area contributed by atoms with Crippen molar-refractivity contribution in [1.29, 1.82) is 0 Å². The molecule has 0 spiro atoms. The molecule has 0 saturated carbocycles. The zero-order valence-electron chi connectivity index (χ0n) is 14.7. The maximum absolute atomic E-state index is 12.1. The monoisotopic (exact) mass is 483 g/mol. The molecule has 0 aliphatic rings. The van der Waals surface area contributed by atoms with Crippen molar-refractivity contribution in [1.82, 2.24) is 15.6 Å². The van der Waals surface area contributed by atoms with E-state index in [0.717, 1.165) is 15.4 Å². The Morgan fingerprint density at radius 3 is 2.85 bits per heavy atom. The number of anilines is 1. The Balaban J connectivity index is 0.00000338. The van der Waals surface area contributed by atoms with E-state index in [1.54, 1.807) is 35.6 Å². The van der Waals surface area contributed by atoms with Gasteiger partial charge in [-0.2, -0.15) is 0 Å². The average molecular weight is 483 g/mol. The summed E-state index contributed by atoms with van der Waals surface area (Å²) in [6.07, 6.45) is 7.20. The van der Waals surface area contributed by atoms with Crippen LogP contribution in [0, 0.1) is 19.3 Å². The lowest BCUT2D eigenvalue weighted by Crippen LogP contribution is -2.37. The Morgan fingerprint density at radius 2 is 2.19 bits per heavy atom. The summed E-state index contributed by atoms with van der Waals surface area (Å²) in [5, 5.41) is 10.0. The van der Waals surface area contributed by atoms with Crippen LogP contribution in [0.4, 0.5) is 5.69 Å². The molecule has 6 nitrogen and oxygen atoms in total. The summed E-state index contributed by atoms with van der Waals surface area (Å²) >= 11 is 1.63. The van der Waals surface area contributed by atoms with Crippen LogP contribution in [0.5, 0.6) is 0 Å². The van der Waals surface area contributed by atoms with Crippen molar-refractivity contribution < 1.29 is 4.79 Å². The first-order valence-electron chi connectivity index (χ1n) is 7.90. The van der Waals surface area contributed by atoms with Gasteiger partial charge >= 0.3 is 0 Å². The van der Waals surface area contributed by atoms with E-state index in [1.807, 2.05) is 20.0 Å². The minimum absolute atomic E-state index is 0. The minimum atomic E-state index is -0.212. The lowest BCUT2D eigenvalue weighted by Gasteiger charge is -2.10. The Morgan fingerprint density at radius 1 is 1.38 bits per heavy atom. The Hall–Kier alpha value is -2.12. The normalized spacial score (nSPS) is 10.4. The summed E-state index contributed by atoms with van der Waals surface area (Å²) < 4.78 is 0. The van der Waals surface area contributed by atoms with Gasteiger partial charge in [0.05, 0.1) is 6.54 Å². The first-order valence-corrected chi connectivity index (χ1v) is 8.72. The third-order valence-electron chi connectivity index (χ3n) is 3.11. The number of aliphatic imine (C=N–C) groups is 1. The molecule has 0 bridgehead atoms. The number of carbonyl (C=O) groups excluding carboxylic acids is 1. The highest BCUT2D eigenvalue weighted by Crippen LogP contribution is 2.10. The second-order valence-corrected chi connectivity index (χ2v) is 6.51. The van der Waals surface area contributed by atoms with Crippen LogP contribution in [-0.2, 0) is 11.3 Å². The molecule has 0 atom stereocenters. The molecule has 1 aromatic heterocycles. The van der Waals surface area contributed by atoms with Gasteiger partial charge in [-0.25, -0.2) is 9.98 Å². The molecular formula is C18H22IN5OS. The lowest BCUT2D eigenvalue weighted by molar-refractivity contribution is -0.114. The van der Waals surface area contributed by atoms with Crippen molar-refractivity contribution in [3.8, 4) is 12.3 Å². The van der Waals surface area contributed by atoms with E-state index in [1.165, 1.54) is 0 Å². The van der Waals surface area contributed by atoms with Crippen molar-refractivity contribution in [2.24, 2.45) is 4.99 Å². The second-order valence-electron chi connectivity index (χ2n) is 5.19. The first kappa shape index (κ1) is 21.9. The number of guanidine groups is 1. The van der Waals surface area contributed by atoms with Gasteiger partial charge in [0.25, 0.3) is 0 Å². The van der Waals surface area contributed by atoms with Gasteiger partial charge in [0.1, 0.15) is 11.6 Å². The van der Waals surface area contributed by atoms with E-state index >= 15 is 0 Å². The summed E-state index contributed by atoms with van der Waals surface area (Å²) in [5.41, 5.74) is 1.38. The molecule has 26 heavy (non-hydrogen) atoms. The van der Waals surface area contributed by atoms with Crippen LogP contribution in [-0.4, -0.2) is 29.9 Å². The Bertz CT molecular complexity index is 797. The molecule has 0 saturated heterocycles. The standard InChI is InChI=1S/C18H21N5OS.HI/c1-4-14-7-6-8-15(9-14)23-16(24)11-21-18(19-5-2)22-12-17-20-10-13(3)25-17;/h1,6-10H,5,11-12H2,2-3H3,(H,23,24)(H2,19,21,22);1H. The van der Waals surface area contributed by atoms with Crippen molar-refractivity contribution in [3.63, 3.8) is 0 Å². The molecule has 1 heterocycles. The number of rotatable bonds is 6. The number of hydrogen-bond acceptors (Lipinski definition) is 4. The SMILES string of the molecule is C#Cc1cccc(NC(=O)CN=C(NCC)NCc2ncc(C)s2)c1.I. The second kappa shape index (κ2) is 11.5. The molecule has 0 aliphatic carbocycles. The quantitative estimate of drug-likeness (QED) is 0.256. The molecular weight excluding hydrogens is 461 g/mol. The summed E-state index contributed by atoms with van der Waals surface area (Å²) in [5.74, 6) is 2.90. The number of aromatic nitrogens is 1. The average Bonchev–Trinajstić information content (AvgIpc) is 3.03. The van der Waals surface area contributed by atoms with Gasteiger partial charge < -0.3 is 16.0 Å². The van der Waals surface area contributed by atoms with Gasteiger partial charge in [-0.05, 0) is 32.0 Å². The van der Waals surface area contributed by atoms with Crippen LogP contribution < -0.4 is 16.0 Å². The third kappa shape index (κ3) is 7.41. The van der Waals surface area contributed by atoms with Crippen LogP contribution in [0.1, 0.15) is 22.4 Å². The number of amides is 1. The molecule has 0 aliphatic heterocycles. The number of thiazole rings is 1. The van der Waals surface area contributed by atoms with E-state index < -0.39 is 0 Å². The number of hydrogen-bond donors (Lipinski definition) is 3. The predicted octanol–water partition coefficient (Wildman–Crippen LogP) is 2.74. The van der Waals surface area contributed by atoms with Gasteiger partial charge in [-0.3, -0.25) is 4.79 Å². The van der Waals surface area contributed by atoms with Crippen molar-refractivity contribution in [3.05, 3.63) is 45.9 Å². The molecule has 8 heteroatoms. The molecule has 2 aromatic rings. The van der Waals surface area contributed by atoms with Crippen molar-refractivity contribution in [2.45, 2.75) is 20.4 Å². The van der Waals surface area contributed by atoms with Gasteiger partial charge in [-0.1, -0.05) is 12.0 Å². The minimum Gasteiger partial charge on any atom is -0.357 e. The summed E-state index contributed by atoms with van der Waals surface area (Å²) in [6.45, 7) is 5.26. The summed E-state index contributed by atoms with van der Waals surface area (Å²) in [4.78, 5) is 21.8. The van der Waals surface area contributed by atoms with Gasteiger partial charge in [0.2, 0.25) is 5.91 Å². The molecule has 1 amide bonds. The number of halogens is 1. The van der Waals surface area contributed by atoms with Gasteiger partial charge in [0, 0.05) is 28.9 Å². The molecule has 138 valence electrons. The van der Waals surface area contributed by atoms with E-state index in [0.29, 0.717) is 24.7 Å². The fourth-order valence-corrected chi connectivity index (χ4v) is 2.75. The molecule has 3 N–H and O–H groups in total. The highest BCUT2D eigenvalue weighted by molar-refractivity contribution is 14.0. The number of nitrogens with one attached hydrogen (secondary N) is 3.